The molecule has 0 bridgehead atoms. The molecular weight excluding hydrogens is 297 g/mol. The summed E-state index contributed by atoms with van der Waals surface area (Å²) in [5.74, 6) is 0.0485. The van der Waals surface area contributed by atoms with E-state index in [0.717, 1.165) is 39.3 Å². The molecule has 1 aliphatic carbocycles. The Morgan fingerprint density at radius 1 is 0.810 bits per heavy atom. The highest BCUT2D eigenvalue weighted by Crippen LogP contribution is 2.33. The molecule has 3 saturated heterocycles. The number of Topliss-reactive ketones (excluding diaryl/α,β-unsaturated/α-hetero) is 1. The predicted molar refractivity (Wildman–Crippen MR) is 73.4 cm³/mol. The molecule has 0 aromatic heterocycles. The third kappa shape index (κ3) is 3.24. The summed E-state index contributed by atoms with van der Waals surface area (Å²) in [5.41, 5.74) is 1.89. The van der Waals surface area contributed by atoms with Gasteiger partial charge >= 0.3 is 8.60 Å². The molecule has 3 fully saturated rings. The molecule has 0 unspecified atom stereocenters. The van der Waals surface area contributed by atoms with Crippen LogP contribution in [-0.4, -0.2) is 80.2 Å². The first-order chi connectivity index (χ1) is 9.99. The molecule has 3 N–H and O–H groups in total. The van der Waals surface area contributed by atoms with Crippen LogP contribution >= 0.6 is 8.60 Å². The van der Waals surface area contributed by atoms with Gasteiger partial charge in [-0.2, -0.15) is 0 Å². The first kappa shape index (κ1) is 14.5. The van der Waals surface area contributed by atoms with Crippen LogP contribution in [0, 0.1) is 0 Å². The molecule has 8 nitrogen and oxygen atoms in total. The summed E-state index contributed by atoms with van der Waals surface area (Å²) in [4.78, 5) is 52.2. The minimum absolute atomic E-state index is 0.00546. The second kappa shape index (κ2) is 5.38. The Morgan fingerprint density at radius 2 is 1.24 bits per heavy atom. The van der Waals surface area contributed by atoms with Crippen molar-refractivity contribution in [2.75, 3.05) is 39.3 Å². The van der Waals surface area contributed by atoms with Crippen LogP contribution in [0.15, 0.2) is 23.2 Å². The molecule has 3 aliphatic heterocycles. The summed E-state index contributed by atoms with van der Waals surface area (Å²) < 4.78 is 0. The minimum Gasteiger partial charge on any atom is -0.365 e. The van der Waals surface area contributed by atoms with Gasteiger partial charge in [-0.1, -0.05) is 0 Å². The van der Waals surface area contributed by atoms with Gasteiger partial charge in [0.05, 0.1) is 5.70 Å². The second-order valence-electron chi connectivity index (χ2n) is 5.15. The Hall–Kier alpha value is -1.47. The zero-order chi connectivity index (χ0) is 15.1. The van der Waals surface area contributed by atoms with E-state index in [9.17, 15) is 9.59 Å². The highest BCUT2D eigenvalue weighted by Gasteiger charge is 2.43. The standard InChI is InChI=1S/C12H13N3O2.H3O3P/c16-9-7-8(13-1-2-13)12(17)11(15-5-6-15)10(9)14-3-4-14;1-4(2)3/h7H,1-6H2;1-3H. The quantitative estimate of drug-likeness (QED) is 0.324. The average Bonchev–Trinajstić information content (AvgIpc) is 3.26. The van der Waals surface area contributed by atoms with Crippen molar-refractivity contribution in [3.63, 3.8) is 0 Å². The van der Waals surface area contributed by atoms with Gasteiger partial charge in [0.2, 0.25) is 11.6 Å². The van der Waals surface area contributed by atoms with E-state index in [4.69, 9.17) is 14.7 Å². The molecular formula is C12H16N3O5P. The number of carbonyl (C=O) groups excluding carboxylic acids is 2. The summed E-state index contributed by atoms with van der Waals surface area (Å²) in [6, 6.07) is 0. The van der Waals surface area contributed by atoms with E-state index in [0.29, 0.717) is 17.1 Å². The van der Waals surface area contributed by atoms with Gasteiger partial charge in [0.15, 0.2) is 0 Å². The lowest BCUT2D eigenvalue weighted by Gasteiger charge is -2.21. The van der Waals surface area contributed by atoms with Gasteiger partial charge in [-0.05, 0) is 0 Å². The maximum absolute atomic E-state index is 12.4. The van der Waals surface area contributed by atoms with E-state index in [1.54, 1.807) is 0 Å². The summed E-state index contributed by atoms with van der Waals surface area (Å²) >= 11 is 0. The average molecular weight is 313 g/mol. The van der Waals surface area contributed by atoms with Gasteiger partial charge in [-0.25, -0.2) is 0 Å². The lowest BCUT2D eigenvalue weighted by Crippen LogP contribution is -2.29. The first-order valence-corrected chi connectivity index (χ1v) is 7.85. The van der Waals surface area contributed by atoms with Crippen molar-refractivity contribution in [2.24, 2.45) is 0 Å². The van der Waals surface area contributed by atoms with E-state index in [2.05, 4.69) is 0 Å². The maximum Gasteiger partial charge on any atom is 0.324 e. The molecule has 4 rings (SSSR count). The first-order valence-electron chi connectivity index (χ1n) is 6.65. The molecule has 4 aliphatic rings. The van der Waals surface area contributed by atoms with Crippen molar-refractivity contribution in [2.45, 2.75) is 0 Å². The van der Waals surface area contributed by atoms with Gasteiger partial charge in [-0.3, -0.25) is 9.59 Å². The number of hydrogen-bond donors (Lipinski definition) is 3. The van der Waals surface area contributed by atoms with E-state index in [1.807, 2.05) is 14.7 Å². The lowest BCUT2D eigenvalue weighted by atomic mass is 10.0. The van der Waals surface area contributed by atoms with Crippen LogP contribution in [0.5, 0.6) is 0 Å². The fourth-order valence-electron chi connectivity index (χ4n) is 2.28. The second-order valence-corrected chi connectivity index (χ2v) is 5.69. The van der Waals surface area contributed by atoms with Gasteiger partial charge in [0.1, 0.15) is 11.4 Å². The molecule has 114 valence electrons. The number of allylic oxidation sites excluding steroid dienone is 1. The van der Waals surface area contributed by atoms with Crippen LogP contribution in [-0.2, 0) is 9.59 Å². The Kier molecular flexibility index (Phi) is 3.71. The lowest BCUT2D eigenvalue weighted by molar-refractivity contribution is -0.117. The van der Waals surface area contributed by atoms with E-state index >= 15 is 0 Å². The molecule has 0 aromatic rings. The van der Waals surface area contributed by atoms with Gasteiger partial charge < -0.3 is 29.4 Å². The summed E-state index contributed by atoms with van der Waals surface area (Å²) in [6.45, 7) is 5.41. The summed E-state index contributed by atoms with van der Waals surface area (Å²) in [7, 11) is -2.62. The molecule has 0 amide bonds. The fraction of sp³-hybridized carbons (Fsp3) is 0.500. The molecule has 0 saturated carbocycles. The SMILES string of the molecule is O=C1C=C(N2CC2)C(=O)C(N2CC2)=C1N1CC1.OP(O)O. The van der Waals surface area contributed by atoms with E-state index < -0.39 is 8.60 Å². The zero-order valence-corrected chi connectivity index (χ0v) is 12.2. The van der Waals surface area contributed by atoms with Crippen molar-refractivity contribution in [1.82, 2.24) is 14.7 Å². The normalized spacial score (nSPS) is 23.2. The van der Waals surface area contributed by atoms with Crippen LogP contribution in [0.1, 0.15) is 0 Å². The molecule has 0 atom stereocenters. The molecule has 21 heavy (non-hydrogen) atoms. The van der Waals surface area contributed by atoms with Crippen LogP contribution in [0.25, 0.3) is 0 Å². The van der Waals surface area contributed by atoms with Gasteiger partial charge in [0.25, 0.3) is 0 Å². The highest BCUT2D eigenvalue weighted by molar-refractivity contribution is 7.38. The number of nitrogens with zero attached hydrogens (tertiary/aromatic N) is 3. The van der Waals surface area contributed by atoms with Crippen molar-refractivity contribution in [3.8, 4) is 0 Å². The van der Waals surface area contributed by atoms with Crippen LogP contribution < -0.4 is 0 Å². The number of carbonyl (C=O) groups is 2. The third-order valence-electron chi connectivity index (χ3n) is 3.49. The highest BCUT2D eigenvalue weighted by atomic mass is 31.2. The topological polar surface area (TPSA) is 104 Å². The predicted octanol–water partition coefficient (Wildman–Crippen LogP) is -1.63. The van der Waals surface area contributed by atoms with E-state index in [1.165, 1.54) is 6.08 Å². The zero-order valence-electron chi connectivity index (χ0n) is 11.3. The molecule has 9 heteroatoms. The number of rotatable bonds is 3. The fourth-order valence-corrected chi connectivity index (χ4v) is 2.28. The number of ketones is 2. The van der Waals surface area contributed by atoms with Crippen LogP contribution in [0.2, 0.25) is 0 Å². The Labute approximate surface area is 122 Å². The largest absolute Gasteiger partial charge is 0.365 e. The van der Waals surface area contributed by atoms with E-state index in [-0.39, 0.29) is 11.6 Å². The minimum atomic E-state index is -2.62. The monoisotopic (exact) mass is 313 g/mol. The summed E-state index contributed by atoms with van der Waals surface area (Å²) in [5, 5.41) is 0. The van der Waals surface area contributed by atoms with Crippen LogP contribution in [0.3, 0.4) is 0 Å². The van der Waals surface area contributed by atoms with Crippen molar-refractivity contribution in [1.29, 1.82) is 0 Å². The number of hydrogen-bond acceptors (Lipinski definition) is 8. The Balaban J connectivity index is 0.000000298. The molecule has 3 heterocycles. The maximum atomic E-state index is 12.4. The third-order valence-corrected chi connectivity index (χ3v) is 3.49. The molecule has 0 spiro atoms. The van der Waals surface area contributed by atoms with Crippen molar-refractivity contribution >= 4 is 20.2 Å². The van der Waals surface area contributed by atoms with Gasteiger partial charge in [0, 0.05) is 45.3 Å². The Bertz CT molecular complexity index is 544. The van der Waals surface area contributed by atoms with Crippen molar-refractivity contribution in [3.05, 3.63) is 23.2 Å². The van der Waals surface area contributed by atoms with Crippen molar-refractivity contribution < 1.29 is 24.3 Å². The molecule has 0 radical (unpaired) electrons. The Morgan fingerprint density at radius 3 is 1.67 bits per heavy atom. The smallest absolute Gasteiger partial charge is 0.324 e. The van der Waals surface area contributed by atoms with Crippen LogP contribution in [0.4, 0.5) is 0 Å². The molecule has 0 aromatic carbocycles. The van der Waals surface area contributed by atoms with Gasteiger partial charge in [-0.15, -0.1) is 0 Å². The summed E-state index contributed by atoms with van der Waals surface area (Å²) in [6.07, 6.45) is 1.52.